The zero-order valence-corrected chi connectivity index (χ0v) is 17.2. The van der Waals surface area contributed by atoms with E-state index in [0.717, 1.165) is 41.0 Å². The fraction of sp³-hybridized carbons (Fsp3) is 0.412. The molecule has 8 heteroatoms. The highest BCUT2D eigenvalue weighted by Crippen LogP contribution is 2.29. The van der Waals surface area contributed by atoms with Crippen molar-refractivity contribution in [2.45, 2.75) is 23.1 Å². The molecule has 0 aliphatic carbocycles. The summed E-state index contributed by atoms with van der Waals surface area (Å²) in [6, 6.07) is 11.2. The number of likely N-dealkylation sites (tertiary alicyclic amines) is 1. The van der Waals surface area contributed by atoms with Gasteiger partial charge in [0.25, 0.3) is 0 Å². The minimum Gasteiger partial charge on any atom is -0.497 e. The van der Waals surface area contributed by atoms with Crippen LogP contribution in [0, 0.1) is 0 Å². The minimum absolute atomic E-state index is 0.00391. The monoisotopic (exact) mass is 444 g/mol. The van der Waals surface area contributed by atoms with Gasteiger partial charge < -0.3 is 4.74 Å². The first-order valence-electron chi connectivity index (χ1n) is 8.12. The average Bonchev–Trinajstić information content (AvgIpc) is 3.27. The van der Waals surface area contributed by atoms with Crippen LogP contribution in [0.1, 0.15) is 24.4 Å². The van der Waals surface area contributed by atoms with Crippen molar-refractivity contribution >= 4 is 37.3 Å². The SMILES string of the molecule is COc1cccc(C(CNS(=O)(=O)c2ccc(Br)s2)N2CCCC2)c1. The van der Waals surface area contributed by atoms with Crippen molar-refractivity contribution < 1.29 is 13.2 Å². The summed E-state index contributed by atoms with van der Waals surface area (Å²) in [7, 11) is -1.87. The van der Waals surface area contributed by atoms with Gasteiger partial charge in [0, 0.05) is 12.6 Å². The van der Waals surface area contributed by atoms with Gasteiger partial charge in [0.1, 0.15) is 9.96 Å². The number of nitrogens with one attached hydrogen (secondary N) is 1. The summed E-state index contributed by atoms with van der Waals surface area (Å²) in [4.78, 5) is 2.33. The van der Waals surface area contributed by atoms with E-state index < -0.39 is 10.0 Å². The van der Waals surface area contributed by atoms with Crippen LogP contribution in [0.25, 0.3) is 0 Å². The molecule has 1 aliphatic rings. The summed E-state index contributed by atoms with van der Waals surface area (Å²) < 4.78 is 34.3. The lowest BCUT2D eigenvalue weighted by Gasteiger charge is -2.28. The van der Waals surface area contributed by atoms with E-state index in [0.29, 0.717) is 10.8 Å². The molecule has 5 nitrogen and oxygen atoms in total. The summed E-state index contributed by atoms with van der Waals surface area (Å²) >= 11 is 4.53. The van der Waals surface area contributed by atoms with Crippen molar-refractivity contribution in [3.63, 3.8) is 0 Å². The van der Waals surface area contributed by atoms with Crippen LogP contribution in [0.4, 0.5) is 0 Å². The molecule has 3 rings (SSSR count). The van der Waals surface area contributed by atoms with E-state index in [9.17, 15) is 8.42 Å². The lowest BCUT2D eigenvalue weighted by molar-refractivity contribution is 0.246. The highest BCUT2D eigenvalue weighted by molar-refractivity contribution is 9.11. The maximum absolute atomic E-state index is 12.6. The quantitative estimate of drug-likeness (QED) is 0.707. The van der Waals surface area contributed by atoms with Crippen molar-refractivity contribution in [1.82, 2.24) is 9.62 Å². The number of ether oxygens (including phenoxy) is 1. The second kappa shape index (κ2) is 8.18. The Labute approximate surface area is 161 Å². The van der Waals surface area contributed by atoms with Crippen LogP contribution in [-0.2, 0) is 10.0 Å². The number of hydrogen-bond acceptors (Lipinski definition) is 5. The Morgan fingerprint density at radius 1 is 1.28 bits per heavy atom. The molecule has 25 heavy (non-hydrogen) atoms. The molecular formula is C17H21BrN2O3S2. The van der Waals surface area contributed by atoms with Gasteiger partial charge >= 0.3 is 0 Å². The van der Waals surface area contributed by atoms with Crippen LogP contribution in [0.5, 0.6) is 5.75 Å². The maximum Gasteiger partial charge on any atom is 0.250 e. The van der Waals surface area contributed by atoms with Gasteiger partial charge in [-0.25, -0.2) is 13.1 Å². The Hall–Kier alpha value is -0.930. The van der Waals surface area contributed by atoms with Crippen molar-refractivity contribution in [1.29, 1.82) is 0 Å². The van der Waals surface area contributed by atoms with E-state index in [1.807, 2.05) is 24.3 Å². The smallest absolute Gasteiger partial charge is 0.250 e. The van der Waals surface area contributed by atoms with Gasteiger partial charge in [-0.05, 0) is 71.7 Å². The van der Waals surface area contributed by atoms with Crippen LogP contribution in [0.3, 0.4) is 0 Å². The fourth-order valence-corrected chi connectivity index (χ4v) is 6.15. The zero-order chi connectivity index (χ0) is 17.9. The number of sulfonamides is 1. The largest absolute Gasteiger partial charge is 0.497 e. The molecule has 136 valence electrons. The highest BCUT2D eigenvalue weighted by Gasteiger charge is 2.26. The Kier molecular flexibility index (Phi) is 6.17. The molecule has 2 heterocycles. The predicted molar refractivity (Wildman–Crippen MR) is 104 cm³/mol. The summed E-state index contributed by atoms with van der Waals surface area (Å²) in [5.41, 5.74) is 1.07. The van der Waals surface area contributed by atoms with Crippen LogP contribution < -0.4 is 9.46 Å². The minimum atomic E-state index is -3.51. The van der Waals surface area contributed by atoms with Gasteiger partial charge in [-0.2, -0.15) is 0 Å². The number of thiophene rings is 1. The number of hydrogen-bond donors (Lipinski definition) is 1. The standard InChI is InChI=1S/C17H21BrN2O3S2/c1-23-14-6-4-5-13(11-14)15(20-9-2-3-10-20)12-19-25(21,22)17-8-7-16(18)24-17/h4-8,11,15,19H,2-3,9-10,12H2,1H3. The second-order valence-electron chi connectivity index (χ2n) is 5.95. The normalized spacial score (nSPS) is 16.9. The number of methoxy groups -OCH3 is 1. The molecule has 1 saturated heterocycles. The number of nitrogens with zero attached hydrogens (tertiary/aromatic N) is 1. The molecule has 1 fully saturated rings. The number of rotatable bonds is 7. The van der Waals surface area contributed by atoms with E-state index in [-0.39, 0.29) is 6.04 Å². The van der Waals surface area contributed by atoms with Crippen molar-refractivity contribution in [2.75, 3.05) is 26.7 Å². The van der Waals surface area contributed by atoms with Crippen LogP contribution in [0.15, 0.2) is 44.4 Å². The molecular weight excluding hydrogens is 424 g/mol. The first-order chi connectivity index (χ1) is 12.0. The molecule has 0 saturated carbocycles. The molecule has 1 atom stereocenters. The van der Waals surface area contributed by atoms with Crippen molar-refractivity contribution in [2.24, 2.45) is 0 Å². The fourth-order valence-electron chi connectivity index (χ4n) is 3.06. The maximum atomic E-state index is 12.6. The van der Waals surface area contributed by atoms with Crippen LogP contribution >= 0.6 is 27.3 Å². The molecule has 1 unspecified atom stereocenters. The lowest BCUT2D eigenvalue weighted by atomic mass is 10.1. The number of halogens is 1. The molecule has 1 aliphatic heterocycles. The molecule has 1 aromatic heterocycles. The van der Waals surface area contributed by atoms with Gasteiger partial charge in [0.05, 0.1) is 10.9 Å². The lowest BCUT2D eigenvalue weighted by Crippen LogP contribution is -2.36. The van der Waals surface area contributed by atoms with E-state index in [1.54, 1.807) is 19.2 Å². The van der Waals surface area contributed by atoms with Gasteiger partial charge in [0.15, 0.2) is 0 Å². The zero-order valence-electron chi connectivity index (χ0n) is 13.9. The summed E-state index contributed by atoms with van der Waals surface area (Å²) in [6.45, 7) is 2.30. The summed E-state index contributed by atoms with van der Waals surface area (Å²) in [5.74, 6) is 0.784. The van der Waals surface area contributed by atoms with E-state index in [4.69, 9.17) is 4.74 Å². The second-order valence-corrected chi connectivity index (χ2v) is 10.4. The first-order valence-corrected chi connectivity index (χ1v) is 11.2. The van der Waals surface area contributed by atoms with Crippen LogP contribution in [0.2, 0.25) is 0 Å². The Morgan fingerprint density at radius 3 is 2.68 bits per heavy atom. The molecule has 0 bridgehead atoms. The van der Waals surface area contributed by atoms with Gasteiger partial charge in [-0.1, -0.05) is 12.1 Å². The summed E-state index contributed by atoms with van der Waals surface area (Å²) in [6.07, 6.45) is 2.29. The molecule has 1 aromatic carbocycles. The van der Waals surface area contributed by atoms with E-state index in [2.05, 4.69) is 25.6 Å². The van der Waals surface area contributed by atoms with Crippen molar-refractivity contribution in [3.8, 4) is 5.75 Å². The average molecular weight is 445 g/mol. The van der Waals surface area contributed by atoms with Gasteiger partial charge in [-0.15, -0.1) is 11.3 Å². The Morgan fingerprint density at radius 2 is 2.04 bits per heavy atom. The topological polar surface area (TPSA) is 58.6 Å². The molecule has 0 spiro atoms. The third-order valence-corrected chi connectivity index (χ3v) is 7.88. The van der Waals surface area contributed by atoms with E-state index in [1.165, 1.54) is 11.3 Å². The first kappa shape index (κ1) is 18.8. The molecule has 0 radical (unpaired) electrons. The molecule has 0 amide bonds. The van der Waals surface area contributed by atoms with Crippen molar-refractivity contribution in [3.05, 3.63) is 45.7 Å². The van der Waals surface area contributed by atoms with Gasteiger partial charge in [-0.3, -0.25) is 4.90 Å². The van der Waals surface area contributed by atoms with E-state index >= 15 is 0 Å². The third kappa shape index (κ3) is 4.62. The third-order valence-electron chi connectivity index (χ3n) is 4.34. The molecule has 1 N–H and O–H groups in total. The highest BCUT2D eigenvalue weighted by atomic mass is 79.9. The van der Waals surface area contributed by atoms with Crippen LogP contribution in [-0.4, -0.2) is 40.1 Å². The summed E-state index contributed by atoms with van der Waals surface area (Å²) in [5, 5.41) is 0. The Balaban J connectivity index is 1.80. The predicted octanol–water partition coefficient (Wildman–Crippen LogP) is 3.63. The molecule has 2 aromatic rings. The Bertz CT molecular complexity index is 817. The number of benzene rings is 1. The van der Waals surface area contributed by atoms with Gasteiger partial charge in [0.2, 0.25) is 10.0 Å².